The smallest absolute Gasteiger partial charge is 0.165 e. The van der Waals surface area contributed by atoms with Gasteiger partial charge in [-0.2, -0.15) is 0 Å². The van der Waals surface area contributed by atoms with Crippen LogP contribution >= 0.6 is 0 Å². The molecule has 3 heteroatoms. The van der Waals surface area contributed by atoms with Gasteiger partial charge in [0.25, 0.3) is 0 Å². The van der Waals surface area contributed by atoms with Crippen LogP contribution in [-0.4, -0.2) is 20.3 Å². The minimum atomic E-state index is 0.745. The van der Waals surface area contributed by atoms with Crippen molar-refractivity contribution in [2.45, 2.75) is 39.2 Å². The largest absolute Gasteiger partial charge is 0.493 e. The molecule has 0 fully saturated rings. The summed E-state index contributed by atoms with van der Waals surface area (Å²) in [5, 5.41) is 3.30. The van der Waals surface area contributed by atoms with Gasteiger partial charge in [-0.1, -0.05) is 44.4 Å². The third-order valence-electron chi connectivity index (χ3n) is 3.13. The number of rotatable bonds is 11. The first-order valence-corrected chi connectivity index (χ1v) is 7.43. The van der Waals surface area contributed by atoms with E-state index in [9.17, 15) is 0 Å². The summed E-state index contributed by atoms with van der Waals surface area (Å²) < 4.78 is 11.3. The lowest BCUT2D eigenvalue weighted by Gasteiger charge is -2.15. The van der Waals surface area contributed by atoms with Crippen molar-refractivity contribution in [2.75, 3.05) is 20.3 Å². The number of hydrogen-bond acceptors (Lipinski definition) is 3. The third-order valence-corrected chi connectivity index (χ3v) is 3.13. The van der Waals surface area contributed by atoms with E-state index in [4.69, 9.17) is 9.47 Å². The van der Waals surface area contributed by atoms with Gasteiger partial charge in [0.15, 0.2) is 11.5 Å². The van der Waals surface area contributed by atoms with E-state index in [0.717, 1.165) is 43.2 Å². The van der Waals surface area contributed by atoms with Crippen LogP contribution in [0.15, 0.2) is 30.9 Å². The predicted octanol–water partition coefficient (Wildman–Crippen LogP) is 3.93. The van der Waals surface area contributed by atoms with E-state index in [1.165, 1.54) is 19.3 Å². The van der Waals surface area contributed by atoms with Crippen molar-refractivity contribution < 1.29 is 9.47 Å². The van der Waals surface area contributed by atoms with Gasteiger partial charge in [0.1, 0.15) is 0 Å². The Balaban J connectivity index is 2.61. The Morgan fingerprint density at radius 1 is 1.25 bits per heavy atom. The van der Waals surface area contributed by atoms with E-state index in [1.807, 2.05) is 18.2 Å². The Kier molecular flexibility index (Phi) is 8.56. The SMILES string of the molecule is C=CCNCc1cccc(OC)c1OCCCCCC. The molecule has 0 amide bonds. The van der Waals surface area contributed by atoms with E-state index in [2.05, 4.69) is 24.9 Å². The molecule has 20 heavy (non-hydrogen) atoms. The predicted molar refractivity (Wildman–Crippen MR) is 84.5 cm³/mol. The number of benzene rings is 1. The summed E-state index contributed by atoms with van der Waals surface area (Å²) in [4.78, 5) is 0. The van der Waals surface area contributed by atoms with Crippen LogP contribution in [0, 0.1) is 0 Å². The second-order valence-corrected chi connectivity index (χ2v) is 4.78. The molecule has 1 aromatic rings. The molecular weight excluding hydrogens is 250 g/mol. The quantitative estimate of drug-likeness (QED) is 0.491. The summed E-state index contributed by atoms with van der Waals surface area (Å²) in [5.74, 6) is 1.67. The molecule has 0 saturated carbocycles. The Morgan fingerprint density at radius 2 is 2.10 bits per heavy atom. The molecule has 0 radical (unpaired) electrons. The summed E-state index contributed by atoms with van der Waals surface area (Å²) in [6, 6.07) is 6.01. The van der Waals surface area contributed by atoms with Crippen LogP contribution in [0.5, 0.6) is 11.5 Å². The number of nitrogens with one attached hydrogen (secondary N) is 1. The third kappa shape index (κ3) is 5.66. The Morgan fingerprint density at radius 3 is 2.80 bits per heavy atom. The van der Waals surface area contributed by atoms with Crippen molar-refractivity contribution in [1.29, 1.82) is 0 Å². The number of ether oxygens (including phenoxy) is 2. The van der Waals surface area contributed by atoms with Gasteiger partial charge in [-0.25, -0.2) is 0 Å². The first-order valence-electron chi connectivity index (χ1n) is 7.43. The number of para-hydroxylation sites is 1. The van der Waals surface area contributed by atoms with Crippen LogP contribution in [0.25, 0.3) is 0 Å². The average Bonchev–Trinajstić information content (AvgIpc) is 2.48. The Bertz CT molecular complexity index is 391. The zero-order valence-corrected chi connectivity index (χ0v) is 12.8. The van der Waals surface area contributed by atoms with Crippen molar-refractivity contribution in [1.82, 2.24) is 5.32 Å². The highest BCUT2D eigenvalue weighted by Gasteiger charge is 2.09. The summed E-state index contributed by atoms with van der Waals surface area (Å²) in [7, 11) is 1.68. The summed E-state index contributed by atoms with van der Waals surface area (Å²) in [6.45, 7) is 8.21. The normalized spacial score (nSPS) is 10.3. The van der Waals surface area contributed by atoms with E-state index in [-0.39, 0.29) is 0 Å². The van der Waals surface area contributed by atoms with Gasteiger partial charge in [-0.15, -0.1) is 6.58 Å². The molecule has 0 saturated heterocycles. The Labute approximate surface area is 123 Å². The molecule has 0 atom stereocenters. The van der Waals surface area contributed by atoms with Crippen molar-refractivity contribution in [3.8, 4) is 11.5 Å². The van der Waals surface area contributed by atoms with E-state index < -0.39 is 0 Å². The van der Waals surface area contributed by atoms with E-state index >= 15 is 0 Å². The molecule has 0 bridgehead atoms. The summed E-state index contributed by atoms with van der Waals surface area (Å²) >= 11 is 0. The molecule has 112 valence electrons. The second kappa shape index (κ2) is 10.3. The lowest BCUT2D eigenvalue weighted by atomic mass is 10.1. The molecule has 1 aromatic carbocycles. The van der Waals surface area contributed by atoms with Crippen molar-refractivity contribution in [2.24, 2.45) is 0 Å². The van der Waals surface area contributed by atoms with Gasteiger partial charge in [0.05, 0.1) is 13.7 Å². The fourth-order valence-electron chi connectivity index (χ4n) is 2.04. The van der Waals surface area contributed by atoms with Crippen molar-refractivity contribution >= 4 is 0 Å². The molecule has 0 aromatic heterocycles. The molecule has 0 unspecified atom stereocenters. The van der Waals surface area contributed by atoms with Gasteiger partial charge in [-0.05, 0) is 12.5 Å². The topological polar surface area (TPSA) is 30.5 Å². The van der Waals surface area contributed by atoms with Crippen LogP contribution in [0.1, 0.15) is 38.2 Å². The van der Waals surface area contributed by atoms with E-state index in [0.29, 0.717) is 0 Å². The molecule has 0 aliphatic rings. The molecular formula is C17H27NO2. The highest BCUT2D eigenvalue weighted by atomic mass is 16.5. The molecule has 1 N–H and O–H groups in total. The van der Waals surface area contributed by atoms with Gasteiger partial charge in [0.2, 0.25) is 0 Å². The first kappa shape index (κ1) is 16.6. The maximum Gasteiger partial charge on any atom is 0.165 e. The maximum atomic E-state index is 5.95. The number of hydrogen-bond donors (Lipinski definition) is 1. The fraction of sp³-hybridized carbons (Fsp3) is 0.529. The van der Waals surface area contributed by atoms with E-state index in [1.54, 1.807) is 7.11 Å². The summed E-state index contributed by atoms with van der Waals surface area (Å²) in [6.07, 6.45) is 6.67. The molecule has 0 heterocycles. The first-order chi connectivity index (χ1) is 9.83. The molecule has 0 spiro atoms. The van der Waals surface area contributed by atoms with Gasteiger partial charge >= 0.3 is 0 Å². The van der Waals surface area contributed by atoms with Gasteiger partial charge in [0, 0.05) is 18.7 Å². The van der Waals surface area contributed by atoms with Gasteiger partial charge < -0.3 is 14.8 Å². The highest BCUT2D eigenvalue weighted by molar-refractivity contribution is 5.46. The average molecular weight is 277 g/mol. The molecule has 0 aliphatic heterocycles. The molecule has 3 nitrogen and oxygen atoms in total. The Hall–Kier alpha value is -1.48. The van der Waals surface area contributed by atoms with Crippen LogP contribution < -0.4 is 14.8 Å². The van der Waals surface area contributed by atoms with Crippen LogP contribution in [0.2, 0.25) is 0 Å². The zero-order chi connectivity index (χ0) is 14.6. The molecule has 1 rings (SSSR count). The van der Waals surface area contributed by atoms with Gasteiger partial charge in [-0.3, -0.25) is 0 Å². The van der Waals surface area contributed by atoms with Crippen LogP contribution in [0.3, 0.4) is 0 Å². The minimum absolute atomic E-state index is 0.745. The molecule has 0 aliphatic carbocycles. The zero-order valence-electron chi connectivity index (χ0n) is 12.8. The van der Waals surface area contributed by atoms with Crippen molar-refractivity contribution in [3.63, 3.8) is 0 Å². The lowest BCUT2D eigenvalue weighted by Crippen LogP contribution is -2.14. The standard InChI is InChI=1S/C17H27NO2/c1-4-6-7-8-13-20-17-15(14-18-12-5-2)10-9-11-16(17)19-3/h5,9-11,18H,2,4,6-8,12-14H2,1,3H3. The lowest BCUT2D eigenvalue weighted by molar-refractivity contribution is 0.281. The monoisotopic (exact) mass is 277 g/mol. The van der Waals surface area contributed by atoms with Crippen LogP contribution in [-0.2, 0) is 6.54 Å². The fourth-order valence-corrected chi connectivity index (χ4v) is 2.04. The summed E-state index contributed by atoms with van der Waals surface area (Å²) in [5.41, 5.74) is 1.13. The highest BCUT2D eigenvalue weighted by Crippen LogP contribution is 2.31. The van der Waals surface area contributed by atoms with Crippen LogP contribution in [0.4, 0.5) is 0 Å². The van der Waals surface area contributed by atoms with Crippen molar-refractivity contribution in [3.05, 3.63) is 36.4 Å². The second-order valence-electron chi connectivity index (χ2n) is 4.78. The number of unbranched alkanes of at least 4 members (excludes halogenated alkanes) is 3. The maximum absolute atomic E-state index is 5.95. The number of methoxy groups -OCH3 is 1. The minimum Gasteiger partial charge on any atom is -0.493 e.